The second kappa shape index (κ2) is 6.79. The summed E-state index contributed by atoms with van der Waals surface area (Å²) < 4.78 is 0. The first kappa shape index (κ1) is 14.9. The van der Waals surface area contributed by atoms with Gasteiger partial charge in [-0.05, 0) is 48.2 Å². The van der Waals surface area contributed by atoms with Gasteiger partial charge in [-0.15, -0.1) is 0 Å². The first-order valence-electron chi connectivity index (χ1n) is 6.85. The van der Waals surface area contributed by atoms with Crippen LogP contribution in [0.3, 0.4) is 0 Å². The molecule has 4 heteroatoms. The quantitative estimate of drug-likeness (QED) is 0.713. The van der Waals surface area contributed by atoms with Crippen LogP contribution >= 0.6 is 0 Å². The number of phenols is 3. The molecule has 0 atom stereocenters. The van der Waals surface area contributed by atoms with Crippen LogP contribution in [0.25, 0.3) is 0 Å². The molecule has 2 aromatic rings. The summed E-state index contributed by atoms with van der Waals surface area (Å²) in [4.78, 5) is 11.8. The first-order chi connectivity index (χ1) is 10.0. The maximum Gasteiger partial charge on any atom is 0.157 e. The Morgan fingerprint density at radius 3 is 1.95 bits per heavy atom. The van der Waals surface area contributed by atoms with E-state index in [1.807, 2.05) is 0 Å². The van der Waals surface area contributed by atoms with Crippen molar-refractivity contribution >= 4 is 5.78 Å². The van der Waals surface area contributed by atoms with Gasteiger partial charge in [0.2, 0.25) is 0 Å². The molecule has 0 saturated heterocycles. The van der Waals surface area contributed by atoms with Crippen molar-refractivity contribution in [2.75, 3.05) is 0 Å². The highest BCUT2D eigenvalue weighted by Crippen LogP contribution is 2.25. The average molecular weight is 286 g/mol. The molecule has 2 aromatic carbocycles. The van der Waals surface area contributed by atoms with Gasteiger partial charge in [-0.2, -0.15) is 0 Å². The van der Waals surface area contributed by atoms with Gasteiger partial charge in [0.15, 0.2) is 11.5 Å². The number of aromatic hydroxyl groups is 3. The summed E-state index contributed by atoms with van der Waals surface area (Å²) in [6.07, 6.45) is 2.05. The van der Waals surface area contributed by atoms with E-state index >= 15 is 0 Å². The molecule has 0 amide bonds. The van der Waals surface area contributed by atoms with Gasteiger partial charge >= 0.3 is 0 Å². The van der Waals surface area contributed by atoms with Crippen LogP contribution in [0.1, 0.15) is 24.0 Å². The lowest BCUT2D eigenvalue weighted by Crippen LogP contribution is -2.02. The third-order valence-corrected chi connectivity index (χ3v) is 3.36. The SMILES string of the molecule is O=C(CCc1ccc(O)cc1)CCc1ccc(O)c(O)c1. The van der Waals surface area contributed by atoms with Crippen LogP contribution in [0.4, 0.5) is 0 Å². The lowest BCUT2D eigenvalue weighted by molar-refractivity contribution is -0.119. The highest BCUT2D eigenvalue weighted by molar-refractivity contribution is 5.78. The van der Waals surface area contributed by atoms with E-state index in [2.05, 4.69) is 0 Å². The van der Waals surface area contributed by atoms with E-state index in [1.165, 1.54) is 12.1 Å². The number of hydrogen-bond donors (Lipinski definition) is 3. The molecule has 0 spiro atoms. The Bertz CT molecular complexity index is 617. The summed E-state index contributed by atoms with van der Waals surface area (Å²) in [5.74, 6) is 0.0503. The smallest absolute Gasteiger partial charge is 0.157 e. The van der Waals surface area contributed by atoms with Gasteiger partial charge in [0.25, 0.3) is 0 Å². The Morgan fingerprint density at radius 1 is 0.762 bits per heavy atom. The number of rotatable bonds is 6. The van der Waals surface area contributed by atoms with Crippen molar-refractivity contribution in [1.82, 2.24) is 0 Å². The molecule has 0 aliphatic rings. The summed E-state index contributed by atoms with van der Waals surface area (Å²) in [6.45, 7) is 0. The molecule has 0 aliphatic carbocycles. The van der Waals surface area contributed by atoms with E-state index < -0.39 is 0 Å². The number of aryl methyl sites for hydroxylation is 2. The molecule has 0 radical (unpaired) electrons. The molecule has 3 N–H and O–H groups in total. The summed E-state index contributed by atoms with van der Waals surface area (Å²) in [5, 5.41) is 27.8. The van der Waals surface area contributed by atoms with E-state index in [-0.39, 0.29) is 23.0 Å². The Hall–Kier alpha value is -2.49. The highest BCUT2D eigenvalue weighted by Gasteiger charge is 2.06. The maximum absolute atomic E-state index is 11.8. The third-order valence-electron chi connectivity index (χ3n) is 3.36. The van der Waals surface area contributed by atoms with E-state index in [0.29, 0.717) is 25.7 Å². The van der Waals surface area contributed by atoms with E-state index in [0.717, 1.165) is 11.1 Å². The predicted molar refractivity (Wildman–Crippen MR) is 79.5 cm³/mol. The Balaban J connectivity index is 1.79. The summed E-state index contributed by atoms with van der Waals surface area (Å²) in [5.41, 5.74) is 1.84. The molecule has 0 saturated carbocycles. The zero-order valence-corrected chi connectivity index (χ0v) is 11.6. The molecule has 4 nitrogen and oxygen atoms in total. The number of carbonyl (C=O) groups is 1. The second-order valence-electron chi connectivity index (χ2n) is 5.03. The van der Waals surface area contributed by atoms with Gasteiger partial charge in [0.1, 0.15) is 11.5 Å². The van der Waals surface area contributed by atoms with Gasteiger partial charge < -0.3 is 15.3 Å². The van der Waals surface area contributed by atoms with Crippen LogP contribution in [0.5, 0.6) is 17.2 Å². The summed E-state index contributed by atoms with van der Waals surface area (Å²) in [7, 11) is 0. The minimum absolute atomic E-state index is 0.149. The van der Waals surface area contributed by atoms with Gasteiger partial charge in [0, 0.05) is 12.8 Å². The van der Waals surface area contributed by atoms with Gasteiger partial charge in [-0.25, -0.2) is 0 Å². The standard InChI is InChI=1S/C17H18O4/c18-14-6-1-12(2-7-14)3-8-15(19)9-4-13-5-10-16(20)17(21)11-13/h1-2,5-7,10-11,18,20-21H,3-4,8-9H2. The molecule has 2 rings (SSSR count). The zero-order chi connectivity index (χ0) is 15.2. The van der Waals surface area contributed by atoms with Crippen molar-refractivity contribution in [3.63, 3.8) is 0 Å². The summed E-state index contributed by atoms with van der Waals surface area (Å²) >= 11 is 0. The van der Waals surface area contributed by atoms with Gasteiger partial charge in [-0.3, -0.25) is 4.79 Å². The van der Waals surface area contributed by atoms with Crippen LogP contribution in [0.15, 0.2) is 42.5 Å². The molecule has 0 bridgehead atoms. The topological polar surface area (TPSA) is 77.8 Å². The van der Waals surface area contributed by atoms with Crippen LogP contribution in [-0.4, -0.2) is 21.1 Å². The van der Waals surface area contributed by atoms with Crippen molar-refractivity contribution in [3.05, 3.63) is 53.6 Å². The number of phenolic OH excluding ortho intramolecular Hbond substituents is 3. The third kappa shape index (κ3) is 4.53. The average Bonchev–Trinajstić information content (AvgIpc) is 2.48. The van der Waals surface area contributed by atoms with Gasteiger partial charge in [0.05, 0.1) is 0 Å². The molecule has 0 heterocycles. The molecule has 110 valence electrons. The Morgan fingerprint density at radius 2 is 1.33 bits per heavy atom. The molecule has 0 unspecified atom stereocenters. The molecular weight excluding hydrogens is 268 g/mol. The predicted octanol–water partition coefficient (Wildman–Crippen LogP) is 2.94. The molecule has 0 aromatic heterocycles. The monoisotopic (exact) mass is 286 g/mol. The number of hydrogen-bond acceptors (Lipinski definition) is 4. The minimum Gasteiger partial charge on any atom is -0.508 e. The maximum atomic E-state index is 11.8. The van der Waals surface area contributed by atoms with Crippen molar-refractivity contribution in [3.8, 4) is 17.2 Å². The number of ketones is 1. The second-order valence-corrected chi connectivity index (χ2v) is 5.03. The number of benzene rings is 2. The van der Waals surface area contributed by atoms with Crippen molar-refractivity contribution in [2.45, 2.75) is 25.7 Å². The Labute approximate surface area is 123 Å². The fraction of sp³-hybridized carbons (Fsp3) is 0.235. The zero-order valence-electron chi connectivity index (χ0n) is 11.6. The largest absolute Gasteiger partial charge is 0.508 e. The van der Waals surface area contributed by atoms with Gasteiger partial charge in [-0.1, -0.05) is 18.2 Å². The van der Waals surface area contributed by atoms with Crippen molar-refractivity contribution in [2.24, 2.45) is 0 Å². The van der Waals surface area contributed by atoms with E-state index in [1.54, 1.807) is 30.3 Å². The molecule has 21 heavy (non-hydrogen) atoms. The van der Waals surface area contributed by atoms with Crippen LogP contribution in [0.2, 0.25) is 0 Å². The molecule has 0 aliphatic heterocycles. The van der Waals surface area contributed by atoms with E-state index in [4.69, 9.17) is 0 Å². The lowest BCUT2D eigenvalue weighted by atomic mass is 10.0. The van der Waals surface area contributed by atoms with Crippen molar-refractivity contribution in [1.29, 1.82) is 0 Å². The molecule has 0 fully saturated rings. The highest BCUT2D eigenvalue weighted by atomic mass is 16.3. The van der Waals surface area contributed by atoms with Crippen LogP contribution in [0, 0.1) is 0 Å². The van der Waals surface area contributed by atoms with Crippen LogP contribution in [-0.2, 0) is 17.6 Å². The fourth-order valence-electron chi connectivity index (χ4n) is 2.08. The Kier molecular flexibility index (Phi) is 4.82. The first-order valence-corrected chi connectivity index (χ1v) is 6.85. The number of Topliss-reactive ketones (excluding diaryl/α,β-unsaturated/α-hetero) is 1. The minimum atomic E-state index is -0.163. The van der Waals surface area contributed by atoms with Crippen LogP contribution < -0.4 is 0 Å². The summed E-state index contributed by atoms with van der Waals surface area (Å²) in [6, 6.07) is 11.4. The fourth-order valence-corrected chi connectivity index (χ4v) is 2.08. The van der Waals surface area contributed by atoms with Crippen molar-refractivity contribution < 1.29 is 20.1 Å². The number of carbonyl (C=O) groups excluding carboxylic acids is 1. The lowest BCUT2D eigenvalue weighted by Gasteiger charge is -2.04. The normalized spacial score (nSPS) is 10.5. The molecular formula is C17H18O4. The van der Waals surface area contributed by atoms with E-state index in [9.17, 15) is 20.1 Å².